The summed E-state index contributed by atoms with van der Waals surface area (Å²) in [5.74, 6) is -6.03. The average Bonchev–Trinajstić information content (AvgIpc) is 2.26. The Kier molecular flexibility index (Phi) is 4.37. The van der Waals surface area contributed by atoms with Gasteiger partial charge in [0, 0.05) is 0 Å². The Hall–Kier alpha value is -1.52. The molecule has 1 heterocycles. The first kappa shape index (κ1) is 14.5. The fourth-order valence-electron chi connectivity index (χ4n) is 1.03. The Balaban J connectivity index is 3.59. The predicted molar refractivity (Wildman–Crippen MR) is 59.1 cm³/mol. The van der Waals surface area contributed by atoms with Crippen LogP contribution in [0.15, 0.2) is 8.72 Å². The van der Waals surface area contributed by atoms with Crippen LogP contribution in [0, 0.1) is 0 Å². The van der Waals surface area contributed by atoms with Crippen LogP contribution in [0.1, 0.15) is 0 Å². The Bertz CT molecular complexity index is 518. The fraction of sp³-hybridized carbons (Fsp3) is 0. The van der Waals surface area contributed by atoms with Gasteiger partial charge < -0.3 is 0 Å². The van der Waals surface area contributed by atoms with Gasteiger partial charge in [-0.15, -0.1) is 0 Å². The summed E-state index contributed by atoms with van der Waals surface area (Å²) in [4.78, 5) is 43.5. The second-order valence-corrected chi connectivity index (χ2v) is 7.53. The van der Waals surface area contributed by atoms with Crippen molar-refractivity contribution < 1.29 is 39.6 Å². The number of hydrogen-bond acceptors (Lipinski definition) is 4. The van der Waals surface area contributed by atoms with E-state index in [4.69, 9.17) is 20.4 Å². The van der Waals surface area contributed by atoms with Crippen molar-refractivity contribution in [2.45, 2.75) is 0 Å². The molecule has 0 radical (unpaired) electrons. The molecule has 1 rings (SSSR count). The van der Waals surface area contributed by atoms with Gasteiger partial charge in [-0.25, -0.2) is 0 Å². The summed E-state index contributed by atoms with van der Waals surface area (Å²) in [6, 6.07) is 0. The molecular weight excluding hydrogens is 374 g/mol. The van der Waals surface area contributed by atoms with E-state index in [0.717, 1.165) is 0 Å². The van der Waals surface area contributed by atoms with Crippen LogP contribution in [-0.2, 0) is 19.2 Å². The zero-order valence-corrected chi connectivity index (χ0v) is 12.1. The zero-order valence-electron chi connectivity index (χ0n) is 8.32. The van der Waals surface area contributed by atoms with Crippen molar-refractivity contribution in [3.8, 4) is 0 Å². The van der Waals surface area contributed by atoms with Crippen LogP contribution in [0.25, 0.3) is 0 Å². The molecule has 0 aromatic heterocycles. The van der Waals surface area contributed by atoms with Crippen molar-refractivity contribution in [2.75, 3.05) is 0 Å². The van der Waals surface area contributed by atoms with Gasteiger partial charge in [-0.1, -0.05) is 0 Å². The molecule has 94 valence electrons. The second kappa shape index (κ2) is 5.41. The Labute approximate surface area is 111 Å². The van der Waals surface area contributed by atoms with Gasteiger partial charge in [0.15, 0.2) is 0 Å². The van der Waals surface area contributed by atoms with Gasteiger partial charge in [0.05, 0.1) is 0 Å². The molecule has 1 aliphatic heterocycles. The third-order valence-electron chi connectivity index (χ3n) is 1.71. The molecule has 0 saturated heterocycles. The third-order valence-corrected chi connectivity index (χ3v) is 8.73. The van der Waals surface area contributed by atoms with Gasteiger partial charge in [-0.2, -0.15) is 0 Å². The van der Waals surface area contributed by atoms with E-state index in [1.807, 2.05) is 0 Å². The maximum atomic E-state index is 10.9. The molecule has 0 atom stereocenters. The molecule has 0 unspecified atom stereocenters. The van der Waals surface area contributed by atoms with Gasteiger partial charge in [0.1, 0.15) is 0 Å². The Morgan fingerprint density at radius 1 is 0.611 bits per heavy atom. The summed E-state index contributed by atoms with van der Waals surface area (Å²) in [5, 5.41) is 35.3. The van der Waals surface area contributed by atoms with E-state index < -0.39 is 71.8 Å². The van der Waals surface area contributed by atoms with E-state index >= 15 is 0 Å². The molecule has 18 heavy (non-hydrogen) atoms. The summed E-state index contributed by atoms with van der Waals surface area (Å²) in [6.07, 6.45) is 0. The standard InChI is InChI=1S/C8H4As2O8/c11-5(12)1-2(6(13)14)10-4(8(17)18)3(9-1)7(15)16/h(H,11,12)(H,13,14)(H,15,16)(H,17,18). The van der Waals surface area contributed by atoms with Crippen molar-refractivity contribution >= 4 is 63.1 Å². The minimum atomic E-state index is -1.66. The molecular formula is C8H4As2O8. The van der Waals surface area contributed by atoms with E-state index in [2.05, 4.69) is 0 Å². The van der Waals surface area contributed by atoms with Crippen LogP contribution in [0.5, 0.6) is 0 Å². The Morgan fingerprint density at radius 3 is 1.06 bits per heavy atom. The second-order valence-electron chi connectivity index (χ2n) is 2.84. The summed E-state index contributed by atoms with van der Waals surface area (Å²) >= 11 is -3.32. The Morgan fingerprint density at radius 2 is 0.889 bits per heavy atom. The molecule has 0 aliphatic carbocycles. The minimum absolute atomic E-state index is 0.471. The van der Waals surface area contributed by atoms with Crippen LogP contribution >= 0.6 is 0 Å². The van der Waals surface area contributed by atoms with Crippen LogP contribution in [0.4, 0.5) is 0 Å². The molecule has 0 spiro atoms. The van der Waals surface area contributed by atoms with Crippen molar-refractivity contribution in [3.63, 3.8) is 0 Å². The van der Waals surface area contributed by atoms with Crippen molar-refractivity contribution in [1.29, 1.82) is 0 Å². The average molecular weight is 378 g/mol. The fourth-order valence-corrected chi connectivity index (χ4v) is 6.64. The van der Waals surface area contributed by atoms with E-state index in [-0.39, 0.29) is 0 Å². The van der Waals surface area contributed by atoms with Gasteiger partial charge in [0.25, 0.3) is 0 Å². The van der Waals surface area contributed by atoms with Gasteiger partial charge >= 0.3 is 111 Å². The summed E-state index contributed by atoms with van der Waals surface area (Å²) < 4.78 is -1.88. The first-order chi connectivity index (χ1) is 8.25. The number of carboxylic acids is 4. The van der Waals surface area contributed by atoms with Crippen LogP contribution in [0.2, 0.25) is 0 Å². The predicted octanol–water partition coefficient (Wildman–Crippen LogP) is -2.70. The van der Waals surface area contributed by atoms with Crippen molar-refractivity contribution in [1.82, 2.24) is 0 Å². The molecule has 1 aliphatic rings. The number of rotatable bonds is 4. The summed E-state index contributed by atoms with van der Waals surface area (Å²) in [6.45, 7) is 0. The molecule has 0 aromatic carbocycles. The normalized spacial score (nSPS) is 16.4. The zero-order chi connectivity index (χ0) is 14.0. The van der Waals surface area contributed by atoms with E-state index in [9.17, 15) is 19.2 Å². The van der Waals surface area contributed by atoms with Gasteiger partial charge in [0.2, 0.25) is 0 Å². The topological polar surface area (TPSA) is 149 Å². The molecule has 8 nitrogen and oxygen atoms in total. The molecule has 0 aromatic rings. The first-order valence-electron chi connectivity index (χ1n) is 4.11. The van der Waals surface area contributed by atoms with Crippen molar-refractivity contribution in [2.24, 2.45) is 0 Å². The van der Waals surface area contributed by atoms with Crippen LogP contribution in [0.3, 0.4) is 0 Å². The molecule has 0 fully saturated rings. The molecule has 0 bridgehead atoms. The summed E-state index contributed by atoms with van der Waals surface area (Å²) in [7, 11) is 0. The first-order valence-corrected chi connectivity index (χ1v) is 7.86. The summed E-state index contributed by atoms with van der Waals surface area (Å²) in [5.41, 5.74) is 0. The van der Waals surface area contributed by atoms with E-state index in [1.165, 1.54) is 0 Å². The molecule has 4 N–H and O–H groups in total. The van der Waals surface area contributed by atoms with Gasteiger partial charge in [-0.3, -0.25) is 0 Å². The third kappa shape index (κ3) is 2.83. The molecule has 10 heteroatoms. The van der Waals surface area contributed by atoms with Crippen molar-refractivity contribution in [3.05, 3.63) is 8.72 Å². The van der Waals surface area contributed by atoms with E-state index in [1.54, 1.807) is 0 Å². The number of aliphatic carboxylic acids is 4. The monoisotopic (exact) mass is 378 g/mol. The quantitative estimate of drug-likeness (QED) is 0.387. The molecule has 0 amide bonds. The number of carbonyl (C=O) groups is 4. The number of carboxylic acid groups (broad SMARTS) is 4. The van der Waals surface area contributed by atoms with Crippen LogP contribution < -0.4 is 0 Å². The van der Waals surface area contributed by atoms with Crippen LogP contribution in [-0.4, -0.2) is 83.5 Å². The molecule has 0 saturated carbocycles. The maximum absolute atomic E-state index is 10.9. The van der Waals surface area contributed by atoms with E-state index in [0.29, 0.717) is 0 Å². The SMILES string of the molecule is O=C(O)C1=[As]C(C(=O)O)=C(C(=O)O)[As]=C1C(=O)O. The number of hydrogen-bond donors (Lipinski definition) is 4. The van der Waals surface area contributed by atoms with Gasteiger partial charge in [-0.05, 0) is 0 Å².